The van der Waals surface area contributed by atoms with Gasteiger partial charge in [-0.15, -0.1) is 0 Å². The van der Waals surface area contributed by atoms with E-state index in [1.165, 1.54) is 0 Å². The van der Waals surface area contributed by atoms with Crippen molar-refractivity contribution < 1.29 is 4.79 Å². The van der Waals surface area contributed by atoms with Crippen molar-refractivity contribution in [3.8, 4) is 11.5 Å². The van der Waals surface area contributed by atoms with Crippen molar-refractivity contribution in [3.05, 3.63) is 89.6 Å². The fraction of sp³-hybridized carbons (Fsp3) is 0.192. The van der Waals surface area contributed by atoms with Crippen LogP contribution in [0.15, 0.2) is 67.0 Å². The van der Waals surface area contributed by atoms with E-state index in [9.17, 15) is 4.79 Å². The molecular weight excluding hydrogens is 426 g/mol. The highest BCUT2D eigenvalue weighted by Gasteiger charge is 2.29. The van der Waals surface area contributed by atoms with Gasteiger partial charge in [0.05, 0.1) is 22.3 Å². The Labute approximate surface area is 196 Å². The number of pyridine rings is 2. The number of benzene rings is 1. The first-order valence-electron chi connectivity index (χ1n) is 11.3. The zero-order valence-electron chi connectivity index (χ0n) is 18.9. The molecule has 1 saturated carbocycles. The molecule has 8 nitrogen and oxygen atoms in total. The SMILES string of the molecule is Cc1nn(-c2ccccn2)c2nc(C3CC3)cc(C(=O)Nc3cccc(-n4nccc4C)c3)c12. The lowest BCUT2D eigenvalue weighted by atomic mass is 10.1. The van der Waals surface area contributed by atoms with Crippen LogP contribution in [0.4, 0.5) is 5.69 Å². The molecule has 1 fully saturated rings. The van der Waals surface area contributed by atoms with Gasteiger partial charge in [0.15, 0.2) is 11.5 Å². The summed E-state index contributed by atoms with van der Waals surface area (Å²) >= 11 is 0. The molecule has 0 atom stereocenters. The second kappa shape index (κ2) is 7.91. The molecule has 1 N–H and O–H groups in total. The van der Waals surface area contributed by atoms with Crippen LogP contribution in [0.25, 0.3) is 22.5 Å². The van der Waals surface area contributed by atoms with Crippen molar-refractivity contribution in [1.29, 1.82) is 0 Å². The first-order valence-corrected chi connectivity index (χ1v) is 11.3. The number of rotatable bonds is 5. The molecule has 168 valence electrons. The molecular formula is C26H23N7O. The molecule has 1 aliphatic carbocycles. The lowest BCUT2D eigenvalue weighted by Crippen LogP contribution is -2.14. The number of aryl methyl sites for hydroxylation is 2. The highest BCUT2D eigenvalue weighted by Crippen LogP contribution is 2.40. The van der Waals surface area contributed by atoms with Gasteiger partial charge >= 0.3 is 0 Å². The van der Waals surface area contributed by atoms with Crippen molar-refractivity contribution in [2.24, 2.45) is 0 Å². The number of nitrogens with zero attached hydrogens (tertiary/aromatic N) is 6. The lowest BCUT2D eigenvalue weighted by molar-refractivity contribution is 0.102. The molecule has 8 heteroatoms. The summed E-state index contributed by atoms with van der Waals surface area (Å²) in [5.41, 5.74) is 5.50. The second-order valence-electron chi connectivity index (χ2n) is 8.64. The molecule has 1 aromatic carbocycles. The van der Waals surface area contributed by atoms with Gasteiger partial charge in [0.25, 0.3) is 5.91 Å². The van der Waals surface area contributed by atoms with Crippen LogP contribution in [0.3, 0.4) is 0 Å². The quantitative estimate of drug-likeness (QED) is 0.418. The van der Waals surface area contributed by atoms with Crippen LogP contribution in [0.1, 0.15) is 46.2 Å². The van der Waals surface area contributed by atoms with E-state index in [2.05, 4.69) is 20.5 Å². The van der Waals surface area contributed by atoms with Gasteiger partial charge in [-0.3, -0.25) is 4.79 Å². The van der Waals surface area contributed by atoms with E-state index in [-0.39, 0.29) is 5.91 Å². The average molecular weight is 450 g/mol. The molecule has 1 amide bonds. The number of amides is 1. The summed E-state index contributed by atoms with van der Waals surface area (Å²) in [6.07, 6.45) is 5.66. The van der Waals surface area contributed by atoms with E-state index >= 15 is 0 Å². The Morgan fingerprint density at radius 1 is 1.00 bits per heavy atom. The number of aromatic nitrogens is 6. The third-order valence-electron chi connectivity index (χ3n) is 6.12. The first kappa shape index (κ1) is 20.3. The Bertz CT molecular complexity index is 1530. The minimum Gasteiger partial charge on any atom is -0.322 e. The molecule has 0 spiro atoms. The van der Waals surface area contributed by atoms with Gasteiger partial charge in [-0.2, -0.15) is 14.9 Å². The van der Waals surface area contributed by atoms with E-state index < -0.39 is 0 Å². The molecule has 0 bridgehead atoms. The van der Waals surface area contributed by atoms with Crippen LogP contribution in [0.2, 0.25) is 0 Å². The zero-order chi connectivity index (χ0) is 23.2. The normalized spacial score (nSPS) is 13.4. The Morgan fingerprint density at radius 3 is 2.62 bits per heavy atom. The second-order valence-corrected chi connectivity index (χ2v) is 8.64. The van der Waals surface area contributed by atoms with Crippen molar-refractivity contribution in [3.63, 3.8) is 0 Å². The Balaban J connectivity index is 1.43. The molecule has 4 heterocycles. The molecule has 34 heavy (non-hydrogen) atoms. The van der Waals surface area contributed by atoms with Gasteiger partial charge in [0.2, 0.25) is 0 Å². The molecule has 0 unspecified atom stereocenters. The van der Waals surface area contributed by atoms with Crippen LogP contribution in [0.5, 0.6) is 0 Å². The highest BCUT2D eigenvalue weighted by molar-refractivity contribution is 6.13. The smallest absolute Gasteiger partial charge is 0.256 e. The van der Waals surface area contributed by atoms with Crippen molar-refractivity contribution in [2.45, 2.75) is 32.6 Å². The number of anilines is 1. The maximum Gasteiger partial charge on any atom is 0.256 e. The van der Waals surface area contributed by atoms with Crippen molar-refractivity contribution in [1.82, 2.24) is 29.5 Å². The number of nitrogens with one attached hydrogen (secondary N) is 1. The van der Waals surface area contributed by atoms with Gasteiger partial charge in [0.1, 0.15) is 0 Å². The number of carbonyl (C=O) groups is 1. The van der Waals surface area contributed by atoms with Gasteiger partial charge in [-0.25, -0.2) is 14.6 Å². The third-order valence-corrected chi connectivity index (χ3v) is 6.12. The van der Waals surface area contributed by atoms with E-state index in [0.717, 1.165) is 41.0 Å². The summed E-state index contributed by atoms with van der Waals surface area (Å²) in [5.74, 6) is 0.872. The number of carbonyl (C=O) groups excluding carboxylic acids is 1. The number of hydrogen-bond donors (Lipinski definition) is 1. The molecule has 6 rings (SSSR count). The molecule has 0 saturated heterocycles. The molecule has 1 aliphatic rings. The maximum absolute atomic E-state index is 13.6. The minimum absolute atomic E-state index is 0.188. The molecule has 0 aliphatic heterocycles. The Morgan fingerprint density at radius 2 is 1.88 bits per heavy atom. The molecule has 5 aromatic rings. The predicted octanol–water partition coefficient (Wildman–Crippen LogP) is 4.75. The average Bonchev–Trinajstić information content (AvgIpc) is 3.54. The minimum atomic E-state index is -0.188. The third kappa shape index (κ3) is 3.53. The predicted molar refractivity (Wildman–Crippen MR) is 130 cm³/mol. The number of fused-ring (bicyclic) bond motifs is 1. The summed E-state index contributed by atoms with van der Waals surface area (Å²) < 4.78 is 3.57. The zero-order valence-corrected chi connectivity index (χ0v) is 18.9. The van der Waals surface area contributed by atoms with Gasteiger partial charge in [-0.05, 0) is 69.2 Å². The van der Waals surface area contributed by atoms with E-state index in [1.54, 1.807) is 17.1 Å². The van der Waals surface area contributed by atoms with E-state index in [4.69, 9.17) is 4.98 Å². The van der Waals surface area contributed by atoms with E-state index in [1.807, 2.05) is 73.1 Å². The first-order chi connectivity index (χ1) is 16.6. The van der Waals surface area contributed by atoms with Crippen molar-refractivity contribution in [2.75, 3.05) is 5.32 Å². The topological polar surface area (TPSA) is 90.5 Å². The monoisotopic (exact) mass is 449 g/mol. The Kier molecular flexibility index (Phi) is 4.72. The van der Waals surface area contributed by atoms with Crippen LogP contribution >= 0.6 is 0 Å². The molecule has 4 aromatic heterocycles. The van der Waals surface area contributed by atoms with E-state index in [0.29, 0.717) is 28.6 Å². The van der Waals surface area contributed by atoms with Crippen LogP contribution in [-0.4, -0.2) is 35.4 Å². The Hall–Kier alpha value is -4.33. The summed E-state index contributed by atoms with van der Waals surface area (Å²) in [7, 11) is 0. The fourth-order valence-electron chi connectivity index (χ4n) is 4.27. The van der Waals surface area contributed by atoms with Gasteiger partial charge in [0, 0.05) is 35.4 Å². The standard InChI is InChI=1S/C26H23N7O/c1-16-11-13-28-32(16)20-7-5-6-19(14-20)29-26(34)21-15-22(18-9-10-18)30-25-24(21)17(2)31-33(25)23-8-3-4-12-27-23/h3-8,11-15,18H,9-10H2,1-2H3,(H,29,34). The number of hydrogen-bond acceptors (Lipinski definition) is 5. The summed E-state index contributed by atoms with van der Waals surface area (Å²) in [4.78, 5) is 22.9. The van der Waals surface area contributed by atoms with Crippen LogP contribution in [-0.2, 0) is 0 Å². The highest BCUT2D eigenvalue weighted by atomic mass is 16.1. The van der Waals surface area contributed by atoms with Gasteiger partial charge in [-0.1, -0.05) is 12.1 Å². The van der Waals surface area contributed by atoms with Gasteiger partial charge < -0.3 is 5.32 Å². The molecule has 0 radical (unpaired) electrons. The summed E-state index contributed by atoms with van der Waals surface area (Å²) in [5, 5.41) is 12.9. The van der Waals surface area contributed by atoms with Crippen LogP contribution < -0.4 is 5.32 Å². The summed E-state index contributed by atoms with van der Waals surface area (Å²) in [6, 6.07) is 17.2. The fourth-order valence-corrected chi connectivity index (χ4v) is 4.27. The summed E-state index contributed by atoms with van der Waals surface area (Å²) in [6.45, 7) is 3.89. The van der Waals surface area contributed by atoms with Crippen molar-refractivity contribution >= 4 is 22.6 Å². The largest absolute Gasteiger partial charge is 0.322 e. The lowest BCUT2D eigenvalue weighted by Gasteiger charge is -2.11. The maximum atomic E-state index is 13.6. The van der Waals surface area contributed by atoms with Crippen LogP contribution in [0, 0.1) is 13.8 Å².